The molecular weight excluding hydrogens is 537 g/mol. The largest absolute Gasteiger partial charge is 0.496 e. The lowest BCUT2D eigenvalue weighted by atomic mass is 10.1. The van der Waals surface area contributed by atoms with Gasteiger partial charge in [0.15, 0.2) is 5.96 Å². The molecule has 2 N–H and O–H groups in total. The van der Waals surface area contributed by atoms with Crippen molar-refractivity contribution in [3.63, 3.8) is 0 Å². The quantitative estimate of drug-likeness (QED) is 0.270. The van der Waals surface area contributed by atoms with Crippen LogP contribution in [-0.4, -0.2) is 53.7 Å². The van der Waals surface area contributed by atoms with Gasteiger partial charge in [0.25, 0.3) is 0 Å². The van der Waals surface area contributed by atoms with E-state index in [0.717, 1.165) is 35.5 Å². The first-order valence-electron chi connectivity index (χ1n) is 10.6. The molecule has 2 aromatic carbocycles. The van der Waals surface area contributed by atoms with Gasteiger partial charge >= 0.3 is 0 Å². The monoisotopic (exact) mass is 571 g/mol. The topological polar surface area (TPSA) is 82.6 Å². The van der Waals surface area contributed by atoms with Crippen molar-refractivity contribution < 1.29 is 23.7 Å². The molecule has 33 heavy (non-hydrogen) atoms. The van der Waals surface area contributed by atoms with Gasteiger partial charge in [-0.1, -0.05) is 12.1 Å². The number of halogens is 1. The number of aliphatic imine (C=N–C) groups is 1. The van der Waals surface area contributed by atoms with Gasteiger partial charge in [-0.05, 0) is 18.6 Å². The SMILES string of the molecule is CN=C(NCc1ccc(C)cc1OC1CCOC1)NCc1c(OC)cc(OC)cc1OC.I. The average molecular weight is 571 g/mol. The molecule has 182 valence electrons. The molecule has 9 heteroatoms. The summed E-state index contributed by atoms with van der Waals surface area (Å²) in [4.78, 5) is 4.34. The van der Waals surface area contributed by atoms with E-state index >= 15 is 0 Å². The molecular formula is C24H34IN3O5. The van der Waals surface area contributed by atoms with Gasteiger partial charge in [0.2, 0.25) is 0 Å². The third-order valence-electron chi connectivity index (χ3n) is 5.32. The maximum absolute atomic E-state index is 6.19. The Kier molecular flexibility index (Phi) is 10.9. The van der Waals surface area contributed by atoms with Crippen LogP contribution in [0.25, 0.3) is 0 Å². The van der Waals surface area contributed by atoms with E-state index in [4.69, 9.17) is 23.7 Å². The first-order chi connectivity index (χ1) is 15.6. The number of methoxy groups -OCH3 is 3. The summed E-state index contributed by atoms with van der Waals surface area (Å²) < 4.78 is 28.0. The zero-order valence-electron chi connectivity index (χ0n) is 19.9. The van der Waals surface area contributed by atoms with E-state index < -0.39 is 0 Å². The molecule has 0 spiro atoms. The highest BCUT2D eigenvalue weighted by atomic mass is 127. The number of aryl methyl sites for hydroxylation is 1. The first-order valence-corrected chi connectivity index (χ1v) is 10.6. The molecule has 0 amide bonds. The summed E-state index contributed by atoms with van der Waals surface area (Å²) in [5, 5.41) is 6.68. The number of nitrogens with one attached hydrogen (secondary N) is 2. The van der Waals surface area contributed by atoms with Gasteiger partial charge in [0.05, 0.1) is 46.7 Å². The van der Waals surface area contributed by atoms with E-state index in [1.807, 2.05) is 12.1 Å². The molecule has 1 fully saturated rings. The molecule has 1 unspecified atom stereocenters. The molecule has 1 saturated heterocycles. The number of hydrogen-bond donors (Lipinski definition) is 2. The van der Waals surface area contributed by atoms with Crippen molar-refractivity contribution >= 4 is 29.9 Å². The summed E-state index contributed by atoms with van der Waals surface area (Å²) >= 11 is 0. The van der Waals surface area contributed by atoms with Crippen LogP contribution in [0.4, 0.5) is 0 Å². The minimum absolute atomic E-state index is 0. The van der Waals surface area contributed by atoms with Crippen molar-refractivity contribution in [1.29, 1.82) is 0 Å². The molecule has 0 aromatic heterocycles. The van der Waals surface area contributed by atoms with Crippen molar-refractivity contribution in [3.05, 3.63) is 47.0 Å². The van der Waals surface area contributed by atoms with Crippen LogP contribution < -0.4 is 29.6 Å². The van der Waals surface area contributed by atoms with Gasteiger partial charge in [-0.25, -0.2) is 0 Å². The van der Waals surface area contributed by atoms with E-state index in [2.05, 4.69) is 40.7 Å². The maximum Gasteiger partial charge on any atom is 0.191 e. The fourth-order valence-corrected chi connectivity index (χ4v) is 3.53. The van der Waals surface area contributed by atoms with Crippen LogP contribution >= 0.6 is 24.0 Å². The second-order valence-electron chi connectivity index (χ2n) is 7.50. The molecule has 2 aromatic rings. The number of benzene rings is 2. The van der Waals surface area contributed by atoms with E-state index in [1.54, 1.807) is 28.4 Å². The van der Waals surface area contributed by atoms with Crippen LogP contribution in [0.3, 0.4) is 0 Å². The summed E-state index contributed by atoms with van der Waals surface area (Å²) in [6.45, 7) is 4.48. The lowest BCUT2D eigenvalue weighted by Crippen LogP contribution is -2.36. The third-order valence-corrected chi connectivity index (χ3v) is 5.32. The van der Waals surface area contributed by atoms with Gasteiger partial charge in [0, 0.05) is 37.7 Å². The highest BCUT2D eigenvalue weighted by Gasteiger charge is 2.19. The number of guanidine groups is 1. The standard InChI is InChI=1S/C24H33N3O5.HI/c1-16-6-7-17(21(10-16)32-18-8-9-31-15-18)13-26-24(25-2)27-14-20-22(29-4)11-19(28-3)12-23(20)30-5;/h6-7,10-12,18H,8-9,13-15H2,1-5H3,(H2,25,26,27);1H. The highest BCUT2D eigenvalue weighted by Crippen LogP contribution is 2.33. The predicted octanol–water partition coefficient (Wildman–Crippen LogP) is 3.67. The van der Waals surface area contributed by atoms with Gasteiger partial charge in [-0.15, -0.1) is 24.0 Å². The van der Waals surface area contributed by atoms with E-state index in [0.29, 0.717) is 42.9 Å². The number of nitrogens with zero attached hydrogens (tertiary/aromatic N) is 1. The first kappa shape index (κ1) is 26.8. The van der Waals surface area contributed by atoms with Crippen molar-refractivity contribution in [3.8, 4) is 23.0 Å². The summed E-state index contributed by atoms with van der Waals surface area (Å²) in [5.74, 6) is 3.56. The zero-order valence-corrected chi connectivity index (χ0v) is 22.2. The summed E-state index contributed by atoms with van der Waals surface area (Å²) in [7, 11) is 6.60. The molecule has 1 heterocycles. The van der Waals surface area contributed by atoms with Crippen LogP contribution in [-0.2, 0) is 17.8 Å². The lowest BCUT2D eigenvalue weighted by Gasteiger charge is -2.19. The summed E-state index contributed by atoms with van der Waals surface area (Å²) in [6, 6.07) is 9.89. The fourth-order valence-electron chi connectivity index (χ4n) is 3.53. The van der Waals surface area contributed by atoms with Gasteiger partial charge in [0.1, 0.15) is 29.1 Å². The number of ether oxygens (including phenoxy) is 5. The molecule has 1 aliphatic rings. The highest BCUT2D eigenvalue weighted by molar-refractivity contribution is 14.0. The third kappa shape index (κ3) is 7.29. The predicted molar refractivity (Wildman–Crippen MR) is 140 cm³/mol. The van der Waals surface area contributed by atoms with Gasteiger partial charge in [-0.3, -0.25) is 4.99 Å². The Morgan fingerprint density at radius 1 is 1.00 bits per heavy atom. The Balaban J connectivity index is 0.00000385. The normalized spacial score (nSPS) is 15.4. The molecule has 1 aliphatic heterocycles. The van der Waals surface area contributed by atoms with Gasteiger partial charge in [-0.2, -0.15) is 0 Å². The smallest absolute Gasteiger partial charge is 0.191 e. The zero-order chi connectivity index (χ0) is 22.9. The van der Waals surface area contributed by atoms with Crippen LogP contribution in [0.2, 0.25) is 0 Å². The van der Waals surface area contributed by atoms with Crippen LogP contribution in [0, 0.1) is 6.92 Å². The van der Waals surface area contributed by atoms with Crippen molar-refractivity contribution in [2.45, 2.75) is 32.5 Å². The average Bonchev–Trinajstić information content (AvgIpc) is 3.32. The second kappa shape index (κ2) is 13.3. The summed E-state index contributed by atoms with van der Waals surface area (Å²) in [5.41, 5.74) is 3.09. The Morgan fingerprint density at radius 3 is 2.27 bits per heavy atom. The maximum atomic E-state index is 6.19. The van der Waals surface area contributed by atoms with Crippen LogP contribution in [0.5, 0.6) is 23.0 Å². The van der Waals surface area contributed by atoms with Crippen molar-refractivity contribution in [1.82, 2.24) is 10.6 Å². The Hall–Kier alpha value is -2.40. The van der Waals surface area contributed by atoms with E-state index in [9.17, 15) is 0 Å². The molecule has 0 aliphatic carbocycles. The number of rotatable bonds is 9. The van der Waals surface area contributed by atoms with E-state index in [1.165, 1.54) is 0 Å². The Bertz CT molecular complexity index is 907. The molecule has 0 bridgehead atoms. The fraction of sp³-hybridized carbons (Fsp3) is 0.458. The number of hydrogen-bond acceptors (Lipinski definition) is 6. The van der Waals surface area contributed by atoms with Crippen molar-refractivity contribution in [2.24, 2.45) is 4.99 Å². The molecule has 1 atom stereocenters. The second-order valence-corrected chi connectivity index (χ2v) is 7.50. The van der Waals surface area contributed by atoms with E-state index in [-0.39, 0.29) is 30.1 Å². The van der Waals surface area contributed by atoms with Crippen molar-refractivity contribution in [2.75, 3.05) is 41.6 Å². The summed E-state index contributed by atoms with van der Waals surface area (Å²) in [6.07, 6.45) is 1.01. The molecule has 3 rings (SSSR count). The lowest BCUT2D eigenvalue weighted by molar-refractivity contribution is 0.140. The molecule has 0 saturated carbocycles. The van der Waals surface area contributed by atoms with Crippen LogP contribution in [0.1, 0.15) is 23.1 Å². The minimum Gasteiger partial charge on any atom is -0.496 e. The molecule has 8 nitrogen and oxygen atoms in total. The van der Waals surface area contributed by atoms with Gasteiger partial charge < -0.3 is 34.3 Å². The minimum atomic E-state index is 0. The Morgan fingerprint density at radius 2 is 1.70 bits per heavy atom. The van der Waals surface area contributed by atoms with Crippen LogP contribution in [0.15, 0.2) is 35.3 Å². The Labute approximate surface area is 213 Å². The molecule has 0 radical (unpaired) electrons.